The number of hydrogen-bond acceptors (Lipinski definition) is 2. The Morgan fingerprint density at radius 3 is 2.13 bits per heavy atom. The third-order valence-electron chi connectivity index (χ3n) is 2.65. The van der Waals surface area contributed by atoms with E-state index >= 15 is 0 Å². The maximum absolute atomic E-state index is 5.48. The molecule has 0 radical (unpaired) electrons. The van der Waals surface area contributed by atoms with E-state index < -0.39 is 0 Å². The van der Waals surface area contributed by atoms with Crippen LogP contribution >= 0.6 is 0 Å². The summed E-state index contributed by atoms with van der Waals surface area (Å²) in [6.07, 6.45) is 0. The Morgan fingerprint density at radius 2 is 1.80 bits per heavy atom. The second-order valence-corrected chi connectivity index (χ2v) is 4.80. The fourth-order valence-corrected chi connectivity index (χ4v) is 1.17. The lowest BCUT2D eigenvalue weighted by Crippen LogP contribution is -2.48. The molecular formula is C11H26N4. The number of nitrogens with one attached hydrogen (secondary N) is 1. The third-order valence-corrected chi connectivity index (χ3v) is 2.65. The van der Waals surface area contributed by atoms with Crippen molar-refractivity contribution in [1.29, 1.82) is 0 Å². The number of nitrogens with zero attached hydrogens (tertiary/aromatic N) is 2. The first-order valence-electron chi connectivity index (χ1n) is 5.64. The van der Waals surface area contributed by atoms with Crippen molar-refractivity contribution in [3.05, 3.63) is 0 Å². The van der Waals surface area contributed by atoms with Gasteiger partial charge in [-0.05, 0) is 18.8 Å². The van der Waals surface area contributed by atoms with Crippen LogP contribution in [0.25, 0.3) is 0 Å². The van der Waals surface area contributed by atoms with Crippen LogP contribution in [-0.2, 0) is 0 Å². The monoisotopic (exact) mass is 214 g/mol. The molecule has 0 heterocycles. The summed E-state index contributed by atoms with van der Waals surface area (Å²) in [6, 6.07) is 0.423. The number of hydrogen-bond donors (Lipinski definition) is 2. The van der Waals surface area contributed by atoms with Crippen LogP contribution in [0.4, 0.5) is 0 Å². The van der Waals surface area contributed by atoms with Gasteiger partial charge in [-0.25, -0.2) is 5.84 Å². The van der Waals surface area contributed by atoms with Gasteiger partial charge in [0, 0.05) is 19.6 Å². The van der Waals surface area contributed by atoms with Crippen LogP contribution in [0.3, 0.4) is 0 Å². The summed E-state index contributed by atoms with van der Waals surface area (Å²) in [6.45, 7) is 11.6. The second kappa shape index (κ2) is 6.67. The molecule has 0 saturated carbocycles. The van der Waals surface area contributed by atoms with Crippen LogP contribution in [0.5, 0.6) is 0 Å². The van der Waals surface area contributed by atoms with Crippen molar-refractivity contribution in [3.8, 4) is 0 Å². The molecule has 0 saturated heterocycles. The Balaban J connectivity index is 4.45. The van der Waals surface area contributed by atoms with Gasteiger partial charge in [0.05, 0.1) is 0 Å². The highest BCUT2D eigenvalue weighted by Gasteiger charge is 2.16. The zero-order valence-corrected chi connectivity index (χ0v) is 10.9. The van der Waals surface area contributed by atoms with Crippen molar-refractivity contribution in [2.75, 3.05) is 13.6 Å². The molecule has 0 spiro atoms. The number of rotatable bonds is 4. The van der Waals surface area contributed by atoms with E-state index in [0.29, 0.717) is 17.9 Å². The molecule has 0 aromatic heterocycles. The predicted molar refractivity (Wildman–Crippen MR) is 66.5 cm³/mol. The average Bonchev–Trinajstić information content (AvgIpc) is 2.16. The second-order valence-electron chi connectivity index (χ2n) is 4.80. The van der Waals surface area contributed by atoms with E-state index in [0.717, 1.165) is 12.5 Å². The first-order chi connectivity index (χ1) is 6.90. The fourth-order valence-electron chi connectivity index (χ4n) is 1.17. The van der Waals surface area contributed by atoms with Crippen LogP contribution in [0.2, 0.25) is 0 Å². The van der Waals surface area contributed by atoms with Crippen LogP contribution in [0.1, 0.15) is 34.6 Å². The summed E-state index contributed by atoms with van der Waals surface area (Å²) in [5.74, 6) is 7.37. The van der Waals surface area contributed by atoms with Gasteiger partial charge in [0.1, 0.15) is 0 Å². The Labute approximate surface area is 93.9 Å². The highest BCUT2D eigenvalue weighted by Crippen LogP contribution is 2.08. The maximum atomic E-state index is 5.48. The minimum absolute atomic E-state index is 0.423. The smallest absolute Gasteiger partial charge is 0.208 e. The first kappa shape index (κ1) is 14.2. The normalized spacial score (nSPS) is 14.6. The zero-order valence-electron chi connectivity index (χ0n) is 10.9. The summed E-state index contributed by atoms with van der Waals surface area (Å²) in [7, 11) is 2.02. The quantitative estimate of drug-likeness (QED) is 0.322. The lowest BCUT2D eigenvalue weighted by atomic mass is 10.1. The highest BCUT2D eigenvalue weighted by molar-refractivity contribution is 5.79. The Kier molecular flexibility index (Phi) is 6.32. The van der Waals surface area contributed by atoms with Gasteiger partial charge in [-0.1, -0.05) is 27.7 Å². The average molecular weight is 214 g/mol. The van der Waals surface area contributed by atoms with Gasteiger partial charge in [0.2, 0.25) is 5.96 Å². The molecule has 15 heavy (non-hydrogen) atoms. The topological polar surface area (TPSA) is 53.6 Å². The van der Waals surface area contributed by atoms with E-state index in [1.807, 2.05) is 7.05 Å². The molecule has 1 unspecified atom stereocenters. The van der Waals surface area contributed by atoms with E-state index in [1.54, 1.807) is 0 Å². The Morgan fingerprint density at radius 1 is 1.27 bits per heavy atom. The summed E-state index contributed by atoms with van der Waals surface area (Å²) in [4.78, 5) is 6.54. The molecule has 0 aromatic rings. The van der Waals surface area contributed by atoms with Gasteiger partial charge in [0.15, 0.2) is 0 Å². The third kappa shape index (κ3) is 5.02. The van der Waals surface area contributed by atoms with Crippen LogP contribution in [0, 0.1) is 11.8 Å². The summed E-state index contributed by atoms with van der Waals surface area (Å²) >= 11 is 0. The number of aliphatic imine (C=N–C) groups is 1. The van der Waals surface area contributed by atoms with Gasteiger partial charge in [-0.2, -0.15) is 0 Å². The maximum Gasteiger partial charge on any atom is 0.208 e. The van der Waals surface area contributed by atoms with E-state index in [1.165, 1.54) is 0 Å². The lowest BCUT2D eigenvalue weighted by Gasteiger charge is -2.30. The van der Waals surface area contributed by atoms with E-state index in [4.69, 9.17) is 5.84 Å². The molecule has 0 rings (SSSR count). The molecule has 1 atom stereocenters. The van der Waals surface area contributed by atoms with Crippen LogP contribution in [-0.4, -0.2) is 30.5 Å². The van der Waals surface area contributed by atoms with Crippen molar-refractivity contribution in [1.82, 2.24) is 10.3 Å². The minimum atomic E-state index is 0.423. The Bertz CT molecular complexity index is 199. The SMILES string of the molecule is CC(C)CN=C(NN)N(C)C(C)C(C)C. The minimum Gasteiger partial charge on any atom is -0.342 e. The fraction of sp³-hybridized carbons (Fsp3) is 0.909. The van der Waals surface area contributed by atoms with Crippen molar-refractivity contribution in [2.45, 2.75) is 40.7 Å². The summed E-state index contributed by atoms with van der Waals surface area (Å²) in [5.41, 5.74) is 2.67. The van der Waals surface area contributed by atoms with Crippen LogP contribution < -0.4 is 11.3 Å². The van der Waals surface area contributed by atoms with E-state index in [2.05, 4.69) is 49.9 Å². The Hall–Kier alpha value is -0.770. The molecule has 0 aliphatic rings. The first-order valence-corrected chi connectivity index (χ1v) is 5.64. The van der Waals surface area contributed by atoms with Crippen molar-refractivity contribution in [3.63, 3.8) is 0 Å². The number of guanidine groups is 1. The van der Waals surface area contributed by atoms with E-state index in [9.17, 15) is 0 Å². The molecule has 4 heteroatoms. The molecule has 0 fully saturated rings. The van der Waals surface area contributed by atoms with Crippen molar-refractivity contribution in [2.24, 2.45) is 22.7 Å². The van der Waals surface area contributed by atoms with E-state index in [-0.39, 0.29) is 0 Å². The van der Waals surface area contributed by atoms with Crippen LogP contribution in [0.15, 0.2) is 4.99 Å². The number of nitrogens with two attached hydrogens (primary N) is 1. The van der Waals surface area contributed by atoms with Gasteiger partial charge >= 0.3 is 0 Å². The van der Waals surface area contributed by atoms with Crippen molar-refractivity contribution < 1.29 is 0 Å². The molecule has 4 nitrogen and oxygen atoms in total. The summed E-state index contributed by atoms with van der Waals surface area (Å²) in [5, 5.41) is 0. The van der Waals surface area contributed by atoms with Gasteiger partial charge < -0.3 is 4.90 Å². The molecular weight excluding hydrogens is 188 g/mol. The lowest BCUT2D eigenvalue weighted by molar-refractivity contribution is 0.300. The molecule has 0 bridgehead atoms. The summed E-state index contributed by atoms with van der Waals surface area (Å²) < 4.78 is 0. The standard InChI is InChI=1S/C11H26N4/c1-8(2)7-13-11(14-12)15(6)10(5)9(3)4/h8-10H,7,12H2,1-6H3,(H,13,14). The molecule has 90 valence electrons. The molecule has 0 amide bonds. The highest BCUT2D eigenvalue weighted by atomic mass is 15.4. The molecule has 0 aliphatic carbocycles. The molecule has 0 aromatic carbocycles. The zero-order chi connectivity index (χ0) is 12.0. The van der Waals surface area contributed by atoms with Crippen molar-refractivity contribution >= 4 is 5.96 Å². The van der Waals surface area contributed by atoms with Gasteiger partial charge in [-0.3, -0.25) is 10.4 Å². The predicted octanol–water partition coefficient (Wildman–Crippen LogP) is 1.44. The molecule has 0 aliphatic heterocycles. The number of hydrazine groups is 1. The van der Waals surface area contributed by atoms with Gasteiger partial charge in [0.25, 0.3) is 0 Å². The molecule has 3 N–H and O–H groups in total. The largest absolute Gasteiger partial charge is 0.342 e. The van der Waals surface area contributed by atoms with Gasteiger partial charge in [-0.15, -0.1) is 0 Å².